The average molecular weight is 961 g/mol. The number of hydrogen-bond donors (Lipinski definition) is 4. The van der Waals surface area contributed by atoms with Gasteiger partial charge in [0.2, 0.25) is 11.8 Å². The Morgan fingerprint density at radius 3 is 1.43 bits per heavy atom. The third-order valence-electron chi connectivity index (χ3n) is 13.6. The van der Waals surface area contributed by atoms with E-state index >= 15 is 0 Å². The predicted octanol–water partition coefficient (Wildman–Crippen LogP) is 6.56. The first kappa shape index (κ1) is 46.8. The van der Waals surface area contributed by atoms with Crippen molar-refractivity contribution in [1.29, 1.82) is 0 Å². The molecule has 0 radical (unpaired) electrons. The van der Waals surface area contributed by atoms with Gasteiger partial charge < -0.3 is 30.0 Å². The average Bonchev–Trinajstić information content (AvgIpc) is 4.20. The second kappa shape index (κ2) is 20.1. The number of benzene rings is 2. The van der Waals surface area contributed by atoms with Crippen LogP contribution in [0.3, 0.4) is 0 Å². The van der Waals surface area contributed by atoms with E-state index in [2.05, 4.69) is 20.6 Å². The predicted molar refractivity (Wildman–Crippen MR) is 257 cm³/mol. The molecule has 4 aliphatic rings. The fraction of sp³-hybridized carbons (Fsp3) is 0.320. The molecule has 68 heavy (non-hydrogen) atoms. The molecule has 4 aliphatic heterocycles. The molecular formula is C50H50F2N8O6S2. The number of nitrogens with one attached hydrogen (secondary N) is 2. The van der Waals surface area contributed by atoms with E-state index in [4.69, 9.17) is 0 Å². The van der Waals surface area contributed by atoms with Gasteiger partial charge in [0, 0.05) is 120 Å². The molecule has 18 heteroatoms. The topological polar surface area (TPSA) is 175 Å². The van der Waals surface area contributed by atoms with Crippen molar-refractivity contribution >= 4 is 56.9 Å². The smallest absolute Gasteiger partial charge is 0.258 e. The Morgan fingerprint density at radius 2 is 1.07 bits per heavy atom. The van der Waals surface area contributed by atoms with Crippen molar-refractivity contribution in [3.8, 4) is 0 Å². The lowest BCUT2D eigenvalue weighted by molar-refractivity contribution is -0.123. The maximum atomic E-state index is 14.6. The molecule has 2 amide bonds. The first-order valence-electron chi connectivity index (χ1n) is 22.4. The van der Waals surface area contributed by atoms with Crippen molar-refractivity contribution in [3.05, 3.63) is 174 Å². The van der Waals surface area contributed by atoms with Crippen molar-refractivity contribution in [2.45, 2.75) is 64.2 Å². The number of anilines is 2. The molecule has 4 aromatic heterocycles. The molecule has 8 heterocycles. The van der Waals surface area contributed by atoms with Crippen molar-refractivity contribution < 1.29 is 28.6 Å². The summed E-state index contributed by atoms with van der Waals surface area (Å²) in [7, 11) is 0. The van der Waals surface area contributed by atoms with E-state index in [1.807, 2.05) is 47.9 Å². The Bertz CT molecular complexity index is 2780. The van der Waals surface area contributed by atoms with E-state index in [0.29, 0.717) is 45.6 Å². The van der Waals surface area contributed by atoms with Gasteiger partial charge in [-0.3, -0.25) is 29.0 Å². The van der Waals surface area contributed by atoms with Gasteiger partial charge in [0.25, 0.3) is 11.1 Å². The Hall–Kier alpha value is -6.28. The summed E-state index contributed by atoms with van der Waals surface area (Å²) in [5.41, 5.74) is 3.45. The number of likely N-dealkylation sites (tertiary alicyclic amines) is 2. The molecule has 10 rings (SSSR count). The molecule has 0 aliphatic carbocycles. The number of thiazole rings is 2. The molecule has 352 valence electrons. The molecule has 0 unspecified atom stereocenters. The van der Waals surface area contributed by atoms with Crippen LogP contribution in [0.2, 0.25) is 0 Å². The lowest BCUT2D eigenvalue weighted by Crippen LogP contribution is -2.45. The standard InChI is InChI=1S/2C25H25FN4O3S/c2*1-2-5-15-8-9-20-21-17(13-29(20)24(15)33)18(14-31)22(23(32)28-25-27-10-11-34-25)30(21)12-16-6-3-4-7-19(16)26/h2*2-11,17-18,21-22,31H,12-14H2,1H3,(H,27,28,32)/b5-2+;5-2-/t2*17-,18-,21+,22-/m00/s1. The Labute approximate surface area is 398 Å². The minimum Gasteiger partial charge on any atom is -0.396 e. The van der Waals surface area contributed by atoms with E-state index in [0.717, 1.165) is 11.4 Å². The fourth-order valence-corrected chi connectivity index (χ4v) is 11.9. The summed E-state index contributed by atoms with van der Waals surface area (Å²) in [6, 6.07) is 18.3. The number of amides is 2. The molecule has 0 bridgehead atoms. The molecule has 2 aromatic carbocycles. The van der Waals surface area contributed by atoms with Gasteiger partial charge in [-0.2, -0.15) is 0 Å². The molecule has 8 atom stereocenters. The van der Waals surface area contributed by atoms with Crippen LogP contribution in [0.15, 0.2) is 118 Å². The molecule has 0 saturated carbocycles. The van der Waals surface area contributed by atoms with Crippen molar-refractivity contribution in [2.75, 3.05) is 23.8 Å². The molecule has 14 nitrogen and oxygen atoms in total. The van der Waals surface area contributed by atoms with Crippen molar-refractivity contribution in [3.63, 3.8) is 0 Å². The second-order valence-corrected chi connectivity index (χ2v) is 19.0. The molecule has 6 aromatic rings. The molecule has 2 fully saturated rings. The second-order valence-electron chi connectivity index (χ2n) is 17.2. The van der Waals surface area contributed by atoms with Gasteiger partial charge in [0.15, 0.2) is 10.3 Å². The SMILES string of the molecule is C/C=C/c1ccc2n(c1=O)C[C@H]1[C@H](CO)[C@@H](C(=O)Nc3nccs3)N(Cc3ccccc3F)[C@@H]21.C/C=C\c1ccc2n(c1=O)C[C@H]1[C@H](CO)[C@@H](C(=O)Nc3nccs3)N(Cc3ccccc3F)[C@@H]21. The minimum atomic E-state index is -0.706. The van der Waals surface area contributed by atoms with Crippen LogP contribution in [0.5, 0.6) is 0 Å². The van der Waals surface area contributed by atoms with Gasteiger partial charge in [-0.15, -0.1) is 22.7 Å². The summed E-state index contributed by atoms with van der Waals surface area (Å²) in [6.07, 6.45) is 10.4. The van der Waals surface area contributed by atoms with Crippen LogP contribution in [-0.2, 0) is 35.8 Å². The van der Waals surface area contributed by atoms with E-state index in [1.54, 1.807) is 93.0 Å². The number of fused-ring (bicyclic) bond motifs is 6. The number of carbonyl (C=O) groups excluding carboxylic acids is 2. The summed E-state index contributed by atoms with van der Waals surface area (Å²) in [5.74, 6) is -2.50. The highest BCUT2D eigenvalue weighted by molar-refractivity contribution is 7.14. The Balaban J connectivity index is 0.000000170. The van der Waals surface area contributed by atoms with Crippen LogP contribution in [0.25, 0.3) is 12.2 Å². The number of aliphatic hydroxyl groups is 2. The first-order valence-corrected chi connectivity index (χ1v) is 24.2. The van der Waals surface area contributed by atoms with E-state index in [1.165, 1.54) is 34.8 Å². The Kier molecular flexibility index (Phi) is 13.9. The number of pyridine rings is 2. The lowest BCUT2D eigenvalue weighted by atomic mass is 9.88. The first-order chi connectivity index (χ1) is 33.1. The van der Waals surface area contributed by atoms with Crippen LogP contribution >= 0.6 is 22.7 Å². The minimum absolute atomic E-state index is 0.101. The fourth-order valence-electron chi connectivity index (χ4n) is 10.8. The maximum absolute atomic E-state index is 14.6. The Morgan fingerprint density at radius 1 is 0.662 bits per heavy atom. The normalized spacial score (nSPS) is 23.9. The van der Waals surface area contributed by atoms with Gasteiger partial charge in [-0.05, 0) is 50.2 Å². The zero-order valence-electron chi connectivity index (χ0n) is 37.2. The molecule has 2 saturated heterocycles. The zero-order valence-corrected chi connectivity index (χ0v) is 38.8. The van der Waals surface area contributed by atoms with E-state index in [-0.39, 0.29) is 84.8 Å². The number of rotatable bonds is 12. The highest BCUT2D eigenvalue weighted by atomic mass is 32.1. The lowest BCUT2D eigenvalue weighted by Gasteiger charge is -2.30. The highest BCUT2D eigenvalue weighted by Gasteiger charge is 2.57. The summed E-state index contributed by atoms with van der Waals surface area (Å²) in [5, 5.41) is 31.0. The highest BCUT2D eigenvalue weighted by Crippen LogP contribution is 2.51. The number of nitrogens with zero attached hydrogens (tertiary/aromatic N) is 6. The van der Waals surface area contributed by atoms with E-state index in [9.17, 15) is 38.2 Å². The van der Waals surface area contributed by atoms with Gasteiger partial charge in [-0.1, -0.05) is 60.7 Å². The molecular weight excluding hydrogens is 911 g/mol. The summed E-state index contributed by atoms with van der Waals surface area (Å²) in [6.45, 7) is 4.39. The number of allylic oxidation sites excluding steroid dienone is 2. The monoisotopic (exact) mass is 960 g/mol. The van der Waals surface area contributed by atoms with Crippen LogP contribution < -0.4 is 21.8 Å². The summed E-state index contributed by atoms with van der Waals surface area (Å²) in [4.78, 5) is 65.3. The summed E-state index contributed by atoms with van der Waals surface area (Å²) >= 11 is 2.62. The maximum Gasteiger partial charge on any atom is 0.258 e. The number of carbonyl (C=O) groups is 2. The summed E-state index contributed by atoms with van der Waals surface area (Å²) < 4.78 is 32.8. The quantitative estimate of drug-likeness (QED) is 0.105. The largest absolute Gasteiger partial charge is 0.396 e. The number of halogens is 2. The van der Waals surface area contributed by atoms with Gasteiger partial charge in [0.1, 0.15) is 11.6 Å². The van der Waals surface area contributed by atoms with Crippen molar-refractivity contribution in [2.24, 2.45) is 23.7 Å². The van der Waals surface area contributed by atoms with Gasteiger partial charge >= 0.3 is 0 Å². The van der Waals surface area contributed by atoms with Crippen LogP contribution in [0.1, 0.15) is 59.6 Å². The molecule has 4 N–H and O–H groups in total. The van der Waals surface area contributed by atoms with Gasteiger partial charge in [-0.25, -0.2) is 18.7 Å². The van der Waals surface area contributed by atoms with Crippen LogP contribution in [-0.4, -0.2) is 76.2 Å². The van der Waals surface area contributed by atoms with Gasteiger partial charge in [0.05, 0.1) is 24.2 Å². The molecule has 0 spiro atoms. The van der Waals surface area contributed by atoms with Crippen molar-refractivity contribution in [1.82, 2.24) is 28.9 Å². The van der Waals surface area contributed by atoms with E-state index < -0.39 is 23.9 Å². The number of hydrogen-bond acceptors (Lipinski definition) is 12. The number of aliphatic hydroxyl groups excluding tert-OH is 2. The van der Waals surface area contributed by atoms with Crippen LogP contribution in [0.4, 0.5) is 19.0 Å². The van der Waals surface area contributed by atoms with Crippen LogP contribution in [0, 0.1) is 35.3 Å². The number of aromatic nitrogens is 4. The zero-order chi connectivity index (χ0) is 47.6. The third kappa shape index (κ3) is 8.71. The third-order valence-corrected chi connectivity index (χ3v) is 15.0.